The lowest BCUT2D eigenvalue weighted by molar-refractivity contribution is -0.379. The van der Waals surface area contributed by atoms with Crippen LogP contribution in [0.1, 0.15) is 348 Å². The van der Waals surface area contributed by atoms with Crippen molar-refractivity contribution in [2.24, 2.45) is 0 Å². The van der Waals surface area contributed by atoms with Crippen LogP contribution in [0.3, 0.4) is 0 Å². The quantitative estimate of drug-likeness (QED) is 0.0199. The molecule has 0 aromatic heterocycles. The minimum Gasteiger partial charge on any atom is -0.394 e. The highest BCUT2D eigenvalue weighted by Gasteiger charge is 2.54. The van der Waals surface area contributed by atoms with Crippen molar-refractivity contribution in [2.75, 3.05) is 26.4 Å². The van der Waals surface area contributed by atoms with Crippen LogP contribution in [0.25, 0.3) is 0 Å². The van der Waals surface area contributed by atoms with Crippen molar-refractivity contribution in [3.8, 4) is 0 Å². The van der Waals surface area contributed by atoms with Crippen molar-refractivity contribution in [3.63, 3.8) is 0 Å². The van der Waals surface area contributed by atoms with E-state index in [4.69, 9.17) is 28.4 Å². The molecular weight excluding hydrogens is 1380 g/mol. The second-order valence-electron chi connectivity index (χ2n) is 31.3. The van der Waals surface area contributed by atoms with Gasteiger partial charge in [-0.25, -0.2) is 0 Å². The number of unbranched alkanes of at least 4 members (excludes halogenated alkanes) is 43. The third-order valence-electron chi connectivity index (χ3n) is 21.7. The zero-order valence-corrected chi connectivity index (χ0v) is 68.3. The second-order valence-corrected chi connectivity index (χ2v) is 31.3. The van der Waals surface area contributed by atoms with E-state index in [0.29, 0.717) is 12.8 Å². The molecule has 1 amide bonds. The Labute approximate surface area is 661 Å². The Hall–Kier alpha value is -3.03. The number of hydrogen-bond acceptors (Lipinski definition) is 18. The Kier molecular flexibility index (Phi) is 63.7. The molecule has 0 aromatic rings. The molecule has 19 nitrogen and oxygen atoms in total. The lowest BCUT2D eigenvalue weighted by Crippen LogP contribution is -2.66. The van der Waals surface area contributed by atoms with Crippen LogP contribution in [0.15, 0.2) is 85.1 Å². The van der Waals surface area contributed by atoms with Gasteiger partial charge in [-0.15, -0.1) is 0 Å². The van der Waals surface area contributed by atoms with Crippen LogP contribution in [0, 0.1) is 0 Å². The molecule has 3 aliphatic heterocycles. The third-order valence-corrected chi connectivity index (χ3v) is 21.7. The zero-order valence-electron chi connectivity index (χ0n) is 68.3. The van der Waals surface area contributed by atoms with Gasteiger partial charge in [-0.2, -0.15) is 0 Å². The standard InChI is InChI=1S/C90H161NO18/c1-3-5-7-9-11-13-15-17-19-21-23-25-27-29-31-33-35-36-38-39-41-43-45-47-49-51-53-55-57-59-61-63-65-67-74(95)73(91-78(96)68-66-64-62-60-58-56-54-52-50-48-46-44-42-40-37-34-32-30-28-26-24-22-20-18-16-14-12-10-8-6-4-2)72-104-88-84(102)81(99)86(76(70-93)106-88)109-90-85(103)82(100)87(77(71-94)107-90)108-89-83(101)80(98)79(97)75(69-92)105-89/h6,8,12,14,18,20,24,26,30,32,57,59,65,67,73-77,79-90,92-95,97-103H,3-5,7,9-11,13,15-17,19,21-23,25,27-29,31,33-56,58,60-64,66,68-72H2,1-2H3,(H,91,96)/b8-6-,14-12-,20-18-,26-24-,32-30-,59-57+,67-65+. The Morgan fingerprint density at radius 2 is 0.642 bits per heavy atom. The molecule has 3 rings (SSSR count). The maximum Gasteiger partial charge on any atom is 0.220 e. The predicted molar refractivity (Wildman–Crippen MR) is 438 cm³/mol. The van der Waals surface area contributed by atoms with E-state index in [9.17, 15) is 61.0 Å². The van der Waals surface area contributed by atoms with E-state index in [1.807, 2.05) is 6.08 Å². The summed E-state index contributed by atoms with van der Waals surface area (Å²) in [6.07, 6.45) is 67.3. The summed E-state index contributed by atoms with van der Waals surface area (Å²) in [5.74, 6) is -0.284. The Bertz CT molecular complexity index is 2300. The number of ether oxygens (including phenoxy) is 6. The van der Waals surface area contributed by atoms with Crippen molar-refractivity contribution >= 4 is 5.91 Å². The highest BCUT2D eigenvalue weighted by Crippen LogP contribution is 2.33. The van der Waals surface area contributed by atoms with Crippen molar-refractivity contribution in [1.82, 2.24) is 5.32 Å². The molecule has 0 bridgehead atoms. The SMILES string of the molecule is CC/C=C\C/C=C\C/C=C\C/C=C\C/C=C\CCCCCCCCCCCCCCCCCC(=O)NC(COC1OC(CO)C(OC2OC(CO)C(OC3OC(CO)C(O)C(O)C3O)C(O)C2O)C(O)C1O)C(O)/C=C/CC/C=C/CCCCCCCCCCCCCCCCCCCCCCCCCCCCC. The predicted octanol–water partition coefficient (Wildman–Crippen LogP) is 16.5. The van der Waals surface area contributed by atoms with Gasteiger partial charge in [-0.1, -0.05) is 349 Å². The van der Waals surface area contributed by atoms with E-state index in [2.05, 4.69) is 92.1 Å². The number of carbonyl (C=O) groups is 1. The zero-order chi connectivity index (χ0) is 78.8. The van der Waals surface area contributed by atoms with Crippen LogP contribution < -0.4 is 5.32 Å². The van der Waals surface area contributed by atoms with E-state index in [1.54, 1.807) is 6.08 Å². The van der Waals surface area contributed by atoms with E-state index in [1.165, 1.54) is 244 Å². The molecule has 3 aliphatic rings. The van der Waals surface area contributed by atoms with Gasteiger partial charge in [0.2, 0.25) is 5.91 Å². The molecule has 19 heteroatoms. The molecule has 109 heavy (non-hydrogen) atoms. The highest BCUT2D eigenvalue weighted by molar-refractivity contribution is 5.76. The smallest absolute Gasteiger partial charge is 0.220 e. The van der Waals surface area contributed by atoms with Crippen LogP contribution >= 0.6 is 0 Å². The molecule has 3 heterocycles. The average molecular weight is 1550 g/mol. The molecule has 0 radical (unpaired) electrons. The third kappa shape index (κ3) is 48.2. The number of aliphatic hydroxyl groups excluding tert-OH is 11. The molecule has 17 atom stereocenters. The highest BCUT2D eigenvalue weighted by atomic mass is 16.8. The fourth-order valence-electron chi connectivity index (χ4n) is 14.7. The summed E-state index contributed by atoms with van der Waals surface area (Å²) in [6, 6.07) is -0.997. The van der Waals surface area contributed by atoms with Crippen molar-refractivity contribution in [3.05, 3.63) is 85.1 Å². The van der Waals surface area contributed by atoms with E-state index in [-0.39, 0.29) is 18.9 Å². The normalized spacial score (nSPS) is 25.7. The summed E-state index contributed by atoms with van der Waals surface area (Å²) in [4.78, 5) is 13.5. The van der Waals surface area contributed by atoms with Crippen molar-refractivity contribution in [1.29, 1.82) is 0 Å². The molecule has 0 aliphatic carbocycles. The topological polar surface area (TPSA) is 307 Å². The molecule has 12 N–H and O–H groups in total. The van der Waals surface area contributed by atoms with Crippen molar-refractivity contribution in [2.45, 2.75) is 452 Å². The molecule has 17 unspecified atom stereocenters. The number of rotatable bonds is 71. The summed E-state index contributed by atoms with van der Waals surface area (Å²) in [5, 5.41) is 121. The molecule has 3 saturated heterocycles. The fraction of sp³-hybridized carbons (Fsp3) is 0.833. The number of hydrogen-bond donors (Lipinski definition) is 12. The van der Waals surface area contributed by atoms with Gasteiger partial charge in [0.25, 0.3) is 0 Å². The maximum absolute atomic E-state index is 13.5. The summed E-state index contributed by atoms with van der Waals surface area (Å²) >= 11 is 0. The monoisotopic (exact) mass is 1540 g/mol. The van der Waals surface area contributed by atoms with Gasteiger partial charge in [-0.3, -0.25) is 4.79 Å². The number of carbonyl (C=O) groups excluding carboxylic acids is 1. The van der Waals surface area contributed by atoms with Gasteiger partial charge in [0, 0.05) is 6.42 Å². The van der Waals surface area contributed by atoms with Crippen LogP contribution in [0.2, 0.25) is 0 Å². The summed E-state index contributed by atoms with van der Waals surface area (Å²) in [7, 11) is 0. The van der Waals surface area contributed by atoms with E-state index < -0.39 is 124 Å². The van der Waals surface area contributed by atoms with Gasteiger partial charge in [0.05, 0.1) is 38.6 Å². The van der Waals surface area contributed by atoms with Gasteiger partial charge in [-0.05, 0) is 77.0 Å². The molecule has 3 fully saturated rings. The summed E-state index contributed by atoms with van der Waals surface area (Å²) in [6.45, 7) is 1.65. The van der Waals surface area contributed by atoms with Crippen LogP contribution in [-0.2, 0) is 33.2 Å². The van der Waals surface area contributed by atoms with Crippen LogP contribution in [-0.4, -0.2) is 193 Å². The number of amides is 1. The van der Waals surface area contributed by atoms with E-state index >= 15 is 0 Å². The largest absolute Gasteiger partial charge is 0.394 e. The first kappa shape index (κ1) is 100. The molecular formula is C90H161NO18. The van der Waals surface area contributed by atoms with Gasteiger partial charge >= 0.3 is 0 Å². The van der Waals surface area contributed by atoms with Crippen LogP contribution in [0.5, 0.6) is 0 Å². The minimum atomic E-state index is -1.99. The Morgan fingerprint density at radius 3 is 1.03 bits per heavy atom. The number of aliphatic hydroxyl groups is 11. The lowest BCUT2D eigenvalue weighted by atomic mass is 9.96. The van der Waals surface area contributed by atoms with Gasteiger partial charge in [0.1, 0.15) is 73.2 Å². The Balaban J connectivity index is 1.35. The first-order valence-corrected chi connectivity index (χ1v) is 44.3. The summed E-state index contributed by atoms with van der Waals surface area (Å²) < 4.78 is 34.5. The first-order chi connectivity index (χ1) is 53.3. The van der Waals surface area contributed by atoms with Gasteiger partial charge < -0.3 is 89.9 Å². The number of nitrogens with one attached hydrogen (secondary N) is 1. The number of allylic oxidation sites excluding steroid dienone is 13. The first-order valence-electron chi connectivity index (χ1n) is 44.3. The van der Waals surface area contributed by atoms with E-state index in [0.717, 1.165) is 70.6 Å². The molecule has 0 aromatic carbocycles. The fourth-order valence-corrected chi connectivity index (χ4v) is 14.7. The molecule has 634 valence electrons. The van der Waals surface area contributed by atoms with Gasteiger partial charge in [0.15, 0.2) is 18.9 Å². The maximum atomic E-state index is 13.5. The summed E-state index contributed by atoms with van der Waals surface area (Å²) in [5.41, 5.74) is 0. The van der Waals surface area contributed by atoms with Crippen LogP contribution in [0.4, 0.5) is 0 Å². The molecule has 0 spiro atoms. The Morgan fingerprint density at radius 1 is 0.339 bits per heavy atom. The second kappa shape index (κ2) is 69.3. The van der Waals surface area contributed by atoms with Crippen molar-refractivity contribution < 1.29 is 89.4 Å². The minimum absolute atomic E-state index is 0.232. The molecule has 0 saturated carbocycles. The average Bonchev–Trinajstić information content (AvgIpc) is 0.782. The lowest BCUT2D eigenvalue weighted by Gasteiger charge is -2.48.